The van der Waals surface area contributed by atoms with Crippen molar-refractivity contribution in [2.24, 2.45) is 5.92 Å². The van der Waals surface area contributed by atoms with Gasteiger partial charge < -0.3 is 10.1 Å². The van der Waals surface area contributed by atoms with E-state index in [-0.39, 0.29) is 12.2 Å². The van der Waals surface area contributed by atoms with E-state index in [0.29, 0.717) is 12.5 Å². The number of hydrogen-bond donors (Lipinski definition) is 2. The molecule has 1 aliphatic rings. The quantitative estimate of drug-likeness (QED) is 0.630. The molecule has 1 atom stereocenters. The summed E-state index contributed by atoms with van der Waals surface area (Å²) in [4.78, 5) is 10.8. The Morgan fingerprint density at radius 3 is 2.88 bits per heavy atom. The number of sulfonamides is 1. The van der Waals surface area contributed by atoms with Gasteiger partial charge in [-0.3, -0.25) is 4.79 Å². The van der Waals surface area contributed by atoms with Crippen LogP contribution in [0.3, 0.4) is 0 Å². The third-order valence-corrected chi connectivity index (χ3v) is 4.14. The maximum absolute atomic E-state index is 11.6. The standard InChI is InChI=1S/C10H20N2O4S/c1-16-10(13)4-6-17(14,15)12-8-9-3-2-5-11-7-9/h9,11-12H,2-8H2,1H3. The Morgan fingerprint density at radius 1 is 1.53 bits per heavy atom. The number of rotatable bonds is 6. The molecule has 1 aliphatic heterocycles. The first-order chi connectivity index (χ1) is 8.03. The van der Waals surface area contributed by atoms with Crippen LogP contribution in [0.4, 0.5) is 0 Å². The number of piperidine rings is 1. The SMILES string of the molecule is COC(=O)CCS(=O)(=O)NCC1CCCNC1. The second-order valence-electron chi connectivity index (χ2n) is 4.21. The van der Waals surface area contributed by atoms with Crippen LogP contribution >= 0.6 is 0 Å². The molecule has 0 bridgehead atoms. The molecule has 7 heteroatoms. The number of carbonyl (C=O) groups is 1. The molecular formula is C10H20N2O4S. The predicted octanol–water partition coefficient (Wildman–Crippen LogP) is -0.531. The highest BCUT2D eigenvalue weighted by Crippen LogP contribution is 2.08. The number of methoxy groups -OCH3 is 1. The van der Waals surface area contributed by atoms with Gasteiger partial charge in [-0.25, -0.2) is 13.1 Å². The van der Waals surface area contributed by atoms with Crippen molar-refractivity contribution in [3.8, 4) is 0 Å². The number of esters is 1. The van der Waals surface area contributed by atoms with Gasteiger partial charge in [-0.1, -0.05) is 0 Å². The van der Waals surface area contributed by atoms with E-state index in [1.807, 2.05) is 0 Å². The van der Waals surface area contributed by atoms with E-state index in [1.165, 1.54) is 7.11 Å². The third kappa shape index (κ3) is 5.99. The van der Waals surface area contributed by atoms with Crippen molar-refractivity contribution in [1.29, 1.82) is 0 Å². The largest absolute Gasteiger partial charge is 0.469 e. The smallest absolute Gasteiger partial charge is 0.306 e. The van der Waals surface area contributed by atoms with Gasteiger partial charge in [-0.05, 0) is 31.8 Å². The van der Waals surface area contributed by atoms with Crippen LogP contribution in [0.15, 0.2) is 0 Å². The summed E-state index contributed by atoms with van der Waals surface area (Å²) in [6.45, 7) is 2.29. The first-order valence-corrected chi connectivity index (χ1v) is 7.43. The fourth-order valence-corrected chi connectivity index (χ4v) is 2.80. The van der Waals surface area contributed by atoms with Gasteiger partial charge >= 0.3 is 5.97 Å². The van der Waals surface area contributed by atoms with Gasteiger partial charge in [0.1, 0.15) is 0 Å². The third-order valence-electron chi connectivity index (χ3n) is 2.79. The molecule has 1 saturated heterocycles. The van der Waals surface area contributed by atoms with Crippen LogP contribution in [0.5, 0.6) is 0 Å². The number of nitrogens with one attached hydrogen (secondary N) is 2. The predicted molar refractivity (Wildman–Crippen MR) is 64.0 cm³/mol. The van der Waals surface area contributed by atoms with Gasteiger partial charge in [-0.2, -0.15) is 0 Å². The average Bonchev–Trinajstić information content (AvgIpc) is 2.35. The monoisotopic (exact) mass is 264 g/mol. The highest BCUT2D eigenvalue weighted by atomic mass is 32.2. The van der Waals surface area contributed by atoms with Gasteiger partial charge in [0.15, 0.2) is 0 Å². The Kier molecular flexibility index (Phi) is 5.87. The molecule has 0 radical (unpaired) electrons. The number of ether oxygens (including phenoxy) is 1. The van der Waals surface area contributed by atoms with Gasteiger partial charge in [0, 0.05) is 6.54 Å². The van der Waals surface area contributed by atoms with Gasteiger partial charge in [0.2, 0.25) is 10.0 Å². The lowest BCUT2D eigenvalue weighted by Crippen LogP contribution is -2.39. The van der Waals surface area contributed by atoms with E-state index in [1.54, 1.807) is 0 Å². The molecule has 0 aromatic rings. The summed E-state index contributed by atoms with van der Waals surface area (Å²) in [5, 5.41) is 3.22. The second kappa shape index (κ2) is 6.93. The summed E-state index contributed by atoms with van der Waals surface area (Å²) < 4.78 is 30.0. The van der Waals surface area contributed by atoms with E-state index in [0.717, 1.165) is 25.9 Å². The van der Waals surface area contributed by atoms with Crippen molar-refractivity contribution < 1.29 is 17.9 Å². The van der Waals surface area contributed by atoms with E-state index >= 15 is 0 Å². The highest BCUT2D eigenvalue weighted by Gasteiger charge is 2.17. The van der Waals surface area contributed by atoms with E-state index < -0.39 is 16.0 Å². The molecular weight excluding hydrogens is 244 g/mol. The van der Waals surface area contributed by atoms with E-state index in [9.17, 15) is 13.2 Å². The average molecular weight is 264 g/mol. The molecule has 2 N–H and O–H groups in total. The van der Waals surface area contributed by atoms with Crippen molar-refractivity contribution in [1.82, 2.24) is 10.0 Å². The maximum atomic E-state index is 11.6. The Labute approximate surface area is 102 Å². The Bertz CT molecular complexity index is 336. The van der Waals surface area contributed by atoms with Gasteiger partial charge in [0.05, 0.1) is 19.3 Å². The normalized spacial score (nSPS) is 21.1. The summed E-state index contributed by atoms with van der Waals surface area (Å²) in [5.74, 6) is -0.369. The van der Waals surface area contributed by atoms with E-state index in [4.69, 9.17) is 0 Å². The molecule has 100 valence electrons. The minimum absolute atomic E-state index is 0.102. The molecule has 1 heterocycles. The van der Waals surface area contributed by atoms with Crippen LogP contribution in [-0.2, 0) is 19.6 Å². The zero-order valence-corrected chi connectivity index (χ0v) is 10.9. The lowest BCUT2D eigenvalue weighted by molar-refractivity contribution is -0.140. The van der Waals surface area contributed by atoms with E-state index in [2.05, 4.69) is 14.8 Å². The van der Waals surface area contributed by atoms with Gasteiger partial charge in [0.25, 0.3) is 0 Å². The fourth-order valence-electron chi connectivity index (χ4n) is 1.73. The highest BCUT2D eigenvalue weighted by molar-refractivity contribution is 7.89. The first-order valence-electron chi connectivity index (χ1n) is 5.78. The molecule has 0 amide bonds. The Balaban J connectivity index is 2.26. The van der Waals surface area contributed by atoms with Crippen molar-refractivity contribution in [2.45, 2.75) is 19.3 Å². The Hall–Kier alpha value is -0.660. The minimum atomic E-state index is -3.36. The molecule has 1 unspecified atom stereocenters. The Morgan fingerprint density at radius 2 is 2.29 bits per heavy atom. The summed E-state index contributed by atoms with van der Waals surface area (Å²) in [5.41, 5.74) is 0. The summed E-state index contributed by atoms with van der Waals surface area (Å²) in [6.07, 6.45) is 2.01. The molecule has 0 aromatic carbocycles. The first kappa shape index (κ1) is 14.4. The molecule has 0 aliphatic carbocycles. The van der Waals surface area contributed by atoms with Gasteiger partial charge in [-0.15, -0.1) is 0 Å². The fraction of sp³-hybridized carbons (Fsp3) is 0.900. The van der Waals surface area contributed by atoms with Crippen LogP contribution in [0.1, 0.15) is 19.3 Å². The summed E-state index contributed by atoms with van der Waals surface area (Å²) in [7, 11) is -2.12. The summed E-state index contributed by atoms with van der Waals surface area (Å²) in [6, 6.07) is 0. The summed E-state index contributed by atoms with van der Waals surface area (Å²) >= 11 is 0. The van der Waals surface area contributed by atoms with Crippen LogP contribution in [-0.4, -0.2) is 46.9 Å². The van der Waals surface area contributed by atoms with Crippen molar-refractivity contribution in [3.05, 3.63) is 0 Å². The molecule has 0 spiro atoms. The lowest BCUT2D eigenvalue weighted by Gasteiger charge is -2.22. The molecule has 0 aromatic heterocycles. The van der Waals surface area contributed by atoms with Crippen molar-refractivity contribution >= 4 is 16.0 Å². The zero-order chi connectivity index (χ0) is 12.7. The van der Waals surface area contributed by atoms with Crippen LogP contribution in [0.2, 0.25) is 0 Å². The van der Waals surface area contributed by atoms with Crippen LogP contribution < -0.4 is 10.0 Å². The lowest BCUT2D eigenvalue weighted by atomic mass is 10.0. The van der Waals surface area contributed by atoms with Crippen LogP contribution in [0.25, 0.3) is 0 Å². The molecule has 1 rings (SSSR count). The molecule has 6 nitrogen and oxygen atoms in total. The topological polar surface area (TPSA) is 84.5 Å². The zero-order valence-electron chi connectivity index (χ0n) is 10.1. The second-order valence-corrected chi connectivity index (χ2v) is 6.13. The maximum Gasteiger partial charge on any atom is 0.306 e. The molecule has 0 saturated carbocycles. The van der Waals surface area contributed by atoms with Crippen LogP contribution in [0, 0.1) is 5.92 Å². The van der Waals surface area contributed by atoms with Crippen molar-refractivity contribution in [2.75, 3.05) is 32.5 Å². The number of carbonyl (C=O) groups excluding carboxylic acids is 1. The molecule has 1 fully saturated rings. The minimum Gasteiger partial charge on any atom is -0.469 e. The molecule has 17 heavy (non-hydrogen) atoms. The van der Waals surface area contributed by atoms with Crippen molar-refractivity contribution in [3.63, 3.8) is 0 Å². The number of hydrogen-bond acceptors (Lipinski definition) is 5.